The van der Waals surface area contributed by atoms with E-state index in [0.29, 0.717) is 33.5 Å². The first kappa shape index (κ1) is 18.9. The van der Waals surface area contributed by atoms with Crippen molar-refractivity contribution in [2.24, 2.45) is 0 Å². The van der Waals surface area contributed by atoms with E-state index in [1.807, 2.05) is 0 Å². The van der Waals surface area contributed by atoms with Crippen LogP contribution in [-0.2, 0) is 6.54 Å². The lowest BCUT2D eigenvalue weighted by atomic mass is 10.2. The van der Waals surface area contributed by atoms with E-state index in [4.69, 9.17) is 13.9 Å². The molecule has 2 aromatic carbocycles. The van der Waals surface area contributed by atoms with Crippen LogP contribution in [0.2, 0.25) is 0 Å². The molecule has 0 atom stereocenters. The highest BCUT2D eigenvalue weighted by molar-refractivity contribution is 7.22. The number of hydrogen-bond acceptors (Lipinski definition) is 6. The molecule has 2 aromatic heterocycles. The topological polar surface area (TPSA) is 64.8 Å². The summed E-state index contributed by atoms with van der Waals surface area (Å²) in [5, 5.41) is 0.452. The number of carbonyl (C=O) groups excluding carboxylic acids is 1. The third-order valence-corrected chi connectivity index (χ3v) is 5.45. The summed E-state index contributed by atoms with van der Waals surface area (Å²) in [6.07, 6.45) is 1.54. The van der Waals surface area contributed by atoms with Gasteiger partial charge in [-0.05, 0) is 48.5 Å². The van der Waals surface area contributed by atoms with Crippen LogP contribution < -0.4 is 14.4 Å². The molecule has 4 aromatic rings. The number of amides is 1. The standard InChI is InChI=1S/C21H17FN2O4S/c1-26-16-9-10-17(27-2)19-18(16)23-21(29-19)24(12-15-4-3-11-28-15)20(25)13-5-7-14(22)8-6-13/h3-11H,12H2,1-2H3. The number of aromatic nitrogens is 1. The van der Waals surface area contributed by atoms with Crippen LogP contribution in [-0.4, -0.2) is 25.1 Å². The number of methoxy groups -OCH3 is 2. The van der Waals surface area contributed by atoms with Crippen molar-refractivity contribution in [1.29, 1.82) is 0 Å². The van der Waals surface area contributed by atoms with Gasteiger partial charge in [0, 0.05) is 5.56 Å². The zero-order chi connectivity index (χ0) is 20.4. The third kappa shape index (κ3) is 3.66. The van der Waals surface area contributed by atoms with Crippen LogP contribution in [0.3, 0.4) is 0 Å². The SMILES string of the molecule is COc1ccc(OC)c2sc(N(Cc3ccco3)C(=O)c3ccc(F)cc3)nc12. The van der Waals surface area contributed by atoms with Gasteiger partial charge in [0.05, 0.1) is 27.0 Å². The van der Waals surface area contributed by atoms with E-state index >= 15 is 0 Å². The maximum Gasteiger partial charge on any atom is 0.260 e. The Morgan fingerprint density at radius 3 is 2.48 bits per heavy atom. The van der Waals surface area contributed by atoms with Crippen LogP contribution >= 0.6 is 11.3 Å². The van der Waals surface area contributed by atoms with Gasteiger partial charge in [0.2, 0.25) is 0 Å². The Morgan fingerprint density at radius 1 is 1.10 bits per heavy atom. The normalized spacial score (nSPS) is 10.9. The number of thiazole rings is 1. The largest absolute Gasteiger partial charge is 0.495 e. The van der Waals surface area contributed by atoms with Crippen molar-refractivity contribution in [3.8, 4) is 11.5 Å². The number of rotatable bonds is 6. The average Bonchev–Trinajstić information content (AvgIpc) is 3.41. The van der Waals surface area contributed by atoms with Crippen LogP contribution in [0.15, 0.2) is 59.2 Å². The Balaban J connectivity index is 1.82. The van der Waals surface area contributed by atoms with Crippen LogP contribution in [0, 0.1) is 5.82 Å². The first-order chi connectivity index (χ1) is 14.1. The molecule has 0 aliphatic rings. The van der Waals surface area contributed by atoms with Gasteiger partial charge in [0.25, 0.3) is 5.91 Å². The summed E-state index contributed by atoms with van der Waals surface area (Å²) in [5.74, 6) is 1.08. The second-order valence-electron chi connectivity index (χ2n) is 6.12. The molecular weight excluding hydrogens is 395 g/mol. The minimum absolute atomic E-state index is 0.174. The number of nitrogens with zero attached hydrogens (tertiary/aromatic N) is 2. The van der Waals surface area contributed by atoms with Gasteiger partial charge in [0.1, 0.15) is 33.3 Å². The number of furan rings is 1. The predicted molar refractivity (Wildman–Crippen MR) is 108 cm³/mol. The van der Waals surface area contributed by atoms with Gasteiger partial charge in [-0.25, -0.2) is 9.37 Å². The second-order valence-corrected chi connectivity index (χ2v) is 7.10. The Bertz CT molecular complexity index is 1100. The van der Waals surface area contributed by atoms with Crippen LogP contribution in [0.1, 0.15) is 16.1 Å². The molecule has 29 heavy (non-hydrogen) atoms. The number of hydrogen-bond donors (Lipinski definition) is 0. The van der Waals surface area contributed by atoms with Crippen molar-refractivity contribution in [3.05, 3.63) is 71.9 Å². The van der Waals surface area contributed by atoms with E-state index in [1.165, 1.54) is 40.5 Å². The zero-order valence-electron chi connectivity index (χ0n) is 15.7. The van der Waals surface area contributed by atoms with Crippen molar-refractivity contribution in [2.45, 2.75) is 6.54 Å². The first-order valence-corrected chi connectivity index (χ1v) is 9.53. The summed E-state index contributed by atoms with van der Waals surface area (Å²) in [6.45, 7) is 0.174. The van der Waals surface area contributed by atoms with E-state index in [2.05, 4.69) is 4.98 Å². The molecule has 0 unspecified atom stereocenters. The maximum atomic E-state index is 13.3. The molecule has 8 heteroatoms. The van der Waals surface area contributed by atoms with Crippen molar-refractivity contribution in [3.63, 3.8) is 0 Å². The lowest BCUT2D eigenvalue weighted by Crippen LogP contribution is -2.30. The van der Waals surface area contributed by atoms with E-state index in [-0.39, 0.29) is 12.5 Å². The van der Waals surface area contributed by atoms with E-state index < -0.39 is 5.82 Å². The molecule has 2 heterocycles. The minimum Gasteiger partial charge on any atom is -0.495 e. The van der Waals surface area contributed by atoms with Crippen molar-refractivity contribution >= 4 is 32.6 Å². The van der Waals surface area contributed by atoms with Crippen molar-refractivity contribution in [2.75, 3.05) is 19.1 Å². The number of fused-ring (bicyclic) bond motifs is 1. The first-order valence-electron chi connectivity index (χ1n) is 8.72. The molecule has 0 N–H and O–H groups in total. The molecular formula is C21H17FN2O4S. The summed E-state index contributed by atoms with van der Waals surface area (Å²) in [5.41, 5.74) is 0.944. The van der Waals surface area contributed by atoms with Crippen LogP contribution in [0.4, 0.5) is 9.52 Å². The maximum absolute atomic E-state index is 13.3. The van der Waals surface area contributed by atoms with Crippen LogP contribution in [0.25, 0.3) is 10.2 Å². The lowest BCUT2D eigenvalue weighted by Gasteiger charge is -2.18. The van der Waals surface area contributed by atoms with Gasteiger partial charge < -0.3 is 13.9 Å². The zero-order valence-corrected chi connectivity index (χ0v) is 16.5. The summed E-state index contributed by atoms with van der Waals surface area (Å²) >= 11 is 1.31. The van der Waals surface area contributed by atoms with Gasteiger partial charge in [-0.1, -0.05) is 11.3 Å². The third-order valence-electron chi connectivity index (χ3n) is 4.36. The van der Waals surface area contributed by atoms with Gasteiger partial charge in [-0.2, -0.15) is 0 Å². The fraction of sp³-hybridized carbons (Fsp3) is 0.143. The molecule has 0 radical (unpaired) electrons. The minimum atomic E-state index is -0.409. The Hall–Kier alpha value is -3.39. The Labute approximate surface area is 170 Å². The van der Waals surface area contributed by atoms with Gasteiger partial charge in [-0.3, -0.25) is 9.69 Å². The van der Waals surface area contributed by atoms with Crippen LogP contribution in [0.5, 0.6) is 11.5 Å². The number of benzene rings is 2. The Morgan fingerprint density at radius 2 is 1.83 bits per heavy atom. The lowest BCUT2D eigenvalue weighted by molar-refractivity contribution is 0.0983. The fourth-order valence-corrected chi connectivity index (χ4v) is 3.99. The molecule has 0 spiro atoms. The summed E-state index contributed by atoms with van der Waals surface area (Å²) in [7, 11) is 3.13. The molecule has 6 nitrogen and oxygen atoms in total. The van der Waals surface area contributed by atoms with Gasteiger partial charge in [-0.15, -0.1) is 0 Å². The number of anilines is 1. The monoisotopic (exact) mass is 412 g/mol. The molecule has 0 saturated heterocycles. The number of ether oxygens (including phenoxy) is 2. The van der Waals surface area contributed by atoms with Gasteiger partial charge >= 0.3 is 0 Å². The quantitative estimate of drug-likeness (QED) is 0.451. The van der Waals surface area contributed by atoms with Crippen molar-refractivity contribution < 1.29 is 23.1 Å². The number of halogens is 1. The molecule has 0 aliphatic heterocycles. The van der Waals surface area contributed by atoms with E-state index in [1.54, 1.807) is 44.7 Å². The molecule has 0 aliphatic carbocycles. The highest BCUT2D eigenvalue weighted by Gasteiger charge is 2.24. The molecule has 4 rings (SSSR count). The number of carbonyl (C=O) groups is 1. The molecule has 0 fully saturated rings. The average molecular weight is 412 g/mol. The Kier molecular flexibility index (Phi) is 5.18. The summed E-state index contributed by atoms with van der Waals surface area (Å²) in [4.78, 5) is 19.4. The van der Waals surface area contributed by atoms with E-state index in [0.717, 1.165) is 4.70 Å². The molecule has 0 saturated carbocycles. The molecule has 148 valence electrons. The predicted octanol–water partition coefficient (Wildman–Crippen LogP) is 4.89. The summed E-state index contributed by atoms with van der Waals surface area (Å²) in [6, 6.07) is 12.5. The molecule has 1 amide bonds. The van der Waals surface area contributed by atoms with Crippen molar-refractivity contribution in [1.82, 2.24) is 4.98 Å². The van der Waals surface area contributed by atoms with Gasteiger partial charge in [0.15, 0.2) is 5.13 Å². The molecule has 0 bridgehead atoms. The smallest absolute Gasteiger partial charge is 0.260 e. The highest BCUT2D eigenvalue weighted by Crippen LogP contribution is 2.40. The fourth-order valence-electron chi connectivity index (χ4n) is 2.92. The highest BCUT2D eigenvalue weighted by atomic mass is 32.1. The second kappa shape index (κ2) is 7.92. The van der Waals surface area contributed by atoms with E-state index in [9.17, 15) is 9.18 Å². The summed E-state index contributed by atoms with van der Waals surface area (Å²) < 4.78 is 30.3.